The Morgan fingerprint density at radius 3 is 2.53 bits per heavy atom. The minimum atomic E-state index is -0.166. The van der Waals surface area contributed by atoms with E-state index < -0.39 is 0 Å². The summed E-state index contributed by atoms with van der Waals surface area (Å²) in [5.74, 6) is 0.148. The maximum absolute atomic E-state index is 12.4. The molecule has 0 saturated carbocycles. The van der Waals surface area contributed by atoms with Crippen molar-refractivity contribution >= 4 is 34.8 Å². The first-order valence-corrected chi connectivity index (χ1v) is 11.9. The standard InChI is InChI=1S/C25H31ClN4O2/c26-20-5-1-4-19(18-20)25(32)28-22-7-9-23(10-8-22)29-16-11-21(12-17-29)27-13-3-15-30-14-2-6-24(30)31/h1,4-5,7-10,18,21,27H,2-3,6,11-17H2,(H,28,32). The van der Waals surface area contributed by atoms with E-state index in [2.05, 4.69) is 27.7 Å². The van der Waals surface area contributed by atoms with Gasteiger partial charge in [-0.15, -0.1) is 0 Å². The molecule has 2 aromatic carbocycles. The molecule has 7 heteroatoms. The number of nitrogens with zero attached hydrogens (tertiary/aromatic N) is 2. The van der Waals surface area contributed by atoms with Gasteiger partial charge >= 0.3 is 0 Å². The minimum absolute atomic E-state index is 0.166. The molecule has 2 N–H and O–H groups in total. The molecule has 2 fully saturated rings. The molecule has 32 heavy (non-hydrogen) atoms. The molecular weight excluding hydrogens is 424 g/mol. The predicted molar refractivity (Wildman–Crippen MR) is 130 cm³/mol. The fourth-order valence-electron chi connectivity index (χ4n) is 4.45. The Kier molecular flexibility index (Phi) is 7.66. The Labute approximate surface area is 194 Å². The molecule has 2 aromatic rings. The third-order valence-electron chi connectivity index (χ3n) is 6.28. The molecule has 0 atom stereocenters. The van der Waals surface area contributed by atoms with Gasteiger partial charge in [0.05, 0.1) is 0 Å². The number of piperidine rings is 1. The molecule has 2 aliphatic heterocycles. The Bertz CT molecular complexity index is 926. The van der Waals surface area contributed by atoms with Gasteiger partial charge in [0, 0.05) is 60.6 Å². The molecule has 4 rings (SSSR count). The molecule has 0 unspecified atom stereocenters. The summed E-state index contributed by atoms with van der Waals surface area (Å²) in [6.07, 6.45) is 4.97. The summed E-state index contributed by atoms with van der Waals surface area (Å²) < 4.78 is 0. The van der Waals surface area contributed by atoms with Gasteiger partial charge in [0.25, 0.3) is 5.91 Å². The molecule has 2 aliphatic rings. The molecular formula is C25H31ClN4O2. The second kappa shape index (κ2) is 10.8. The van der Waals surface area contributed by atoms with Crippen molar-refractivity contribution in [3.63, 3.8) is 0 Å². The Hall–Kier alpha value is -2.57. The van der Waals surface area contributed by atoms with Crippen LogP contribution in [0.15, 0.2) is 48.5 Å². The zero-order valence-corrected chi connectivity index (χ0v) is 19.1. The average Bonchev–Trinajstić information content (AvgIpc) is 3.22. The Morgan fingerprint density at radius 1 is 1.06 bits per heavy atom. The van der Waals surface area contributed by atoms with Gasteiger partial charge in [-0.05, 0) is 74.7 Å². The van der Waals surface area contributed by atoms with Gasteiger partial charge in [0.2, 0.25) is 5.91 Å². The van der Waals surface area contributed by atoms with E-state index in [-0.39, 0.29) is 5.91 Å². The van der Waals surface area contributed by atoms with Gasteiger partial charge in [0.15, 0.2) is 0 Å². The monoisotopic (exact) mass is 454 g/mol. The maximum atomic E-state index is 12.4. The quantitative estimate of drug-likeness (QED) is 0.588. The van der Waals surface area contributed by atoms with Crippen LogP contribution >= 0.6 is 11.6 Å². The van der Waals surface area contributed by atoms with Crippen LogP contribution in [0.3, 0.4) is 0 Å². The van der Waals surface area contributed by atoms with Crippen molar-refractivity contribution in [2.45, 2.75) is 38.1 Å². The number of likely N-dealkylation sites (tertiary alicyclic amines) is 1. The lowest BCUT2D eigenvalue weighted by molar-refractivity contribution is -0.127. The fourth-order valence-corrected chi connectivity index (χ4v) is 4.64. The summed E-state index contributed by atoms with van der Waals surface area (Å²) in [5, 5.41) is 7.13. The van der Waals surface area contributed by atoms with Crippen molar-refractivity contribution in [3.05, 3.63) is 59.1 Å². The second-order valence-corrected chi connectivity index (χ2v) is 9.00. The number of hydrogen-bond donors (Lipinski definition) is 2. The first kappa shape index (κ1) is 22.6. The summed E-state index contributed by atoms with van der Waals surface area (Å²) >= 11 is 5.97. The van der Waals surface area contributed by atoms with E-state index in [0.29, 0.717) is 22.5 Å². The fraction of sp³-hybridized carbons (Fsp3) is 0.440. The number of hydrogen-bond acceptors (Lipinski definition) is 4. The van der Waals surface area contributed by atoms with Gasteiger partial charge in [-0.25, -0.2) is 0 Å². The lowest BCUT2D eigenvalue weighted by Gasteiger charge is -2.34. The topological polar surface area (TPSA) is 64.7 Å². The number of halogens is 1. The van der Waals surface area contributed by atoms with Crippen LogP contribution in [0.25, 0.3) is 0 Å². The summed E-state index contributed by atoms with van der Waals surface area (Å²) in [4.78, 5) is 28.4. The lowest BCUT2D eigenvalue weighted by Crippen LogP contribution is -2.43. The van der Waals surface area contributed by atoms with Crippen LogP contribution in [0.5, 0.6) is 0 Å². The Balaban J connectivity index is 1.18. The third kappa shape index (κ3) is 6.02. The lowest BCUT2D eigenvalue weighted by atomic mass is 10.0. The molecule has 0 aromatic heterocycles. The third-order valence-corrected chi connectivity index (χ3v) is 6.52. The van der Waals surface area contributed by atoms with Gasteiger partial charge in [0.1, 0.15) is 0 Å². The van der Waals surface area contributed by atoms with Crippen LogP contribution in [0, 0.1) is 0 Å². The molecule has 2 saturated heterocycles. The van der Waals surface area contributed by atoms with Crippen molar-refractivity contribution in [2.75, 3.05) is 42.9 Å². The van der Waals surface area contributed by atoms with Crippen LogP contribution in [0.4, 0.5) is 11.4 Å². The number of benzene rings is 2. The molecule has 6 nitrogen and oxygen atoms in total. The molecule has 0 bridgehead atoms. The summed E-state index contributed by atoms with van der Waals surface area (Å²) in [6, 6.07) is 15.5. The maximum Gasteiger partial charge on any atom is 0.255 e. The van der Waals surface area contributed by atoms with E-state index >= 15 is 0 Å². The van der Waals surface area contributed by atoms with Crippen LogP contribution in [-0.4, -0.2) is 55.5 Å². The van der Waals surface area contributed by atoms with E-state index in [1.807, 2.05) is 17.0 Å². The van der Waals surface area contributed by atoms with E-state index in [0.717, 1.165) is 70.5 Å². The first-order valence-electron chi connectivity index (χ1n) is 11.5. The van der Waals surface area contributed by atoms with Gasteiger partial charge in [-0.1, -0.05) is 17.7 Å². The molecule has 0 radical (unpaired) electrons. The number of amides is 2. The number of nitrogens with one attached hydrogen (secondary N) is 2. The number of anilines is 2. The zero-order chi connectivity index (χ0) is 22.3. The van der Waals surface area contributed by atoms with E-state index in [1.54, 1.807) is 24.3 Å². The smallest absolute Gasteiger partial charge is 0.255 e. The molecule has 0 spiro atoms. The number of carbonyl (C=O) groups is 2. The van der Waals surface area contributed by atoms with Crippen LogP contribution < -0.4 is 15.5 Å². The predicted octanol–water partition coefficient (Wildman–Crippen LogP) is 4.16. The van der Waals surface area contributed by atoms with Crippen LogP contribution in [0.2, 0.25) is 5.02 Å². The SMILES string of the molecule is O=C(Nc1ccc(N2CCC(NCCCN3CCCC3=O)CC2)cc1)c1cccc(Cl)c1. The van der Waals surface area contributed by atoms with Crippen molar-refractivity contribution in [1.29, 1.82) is 0 Å². The van der Waals surface area contributed by atoms with E-state index in [9.17, 15) is 9.59 Å². The molecule has 170 valence electrons. The second-order valence-electron chi connectivity index (χ2n) is 8.56. The number of rotatable bonds is 8. The highest BCUT2D eigenvalue weighted by molar-refractivity contribution is 6.31. The van der Waals surface area contributed by atoms with Gasteiger partial charge < -0.3 is 20.4 Å². The highest BCUT2D eigenvalue weighted by atomic mass is 35.5. The first-order chi connectivity index (χ1) is 15.6. The average molecular weight is 455 g/mol. The molecule has 2 amide bonds. The van der Waals surface area contributed by atoms with Crippen LogP contribution in [0.1, 0.15) is 42.5 Å². The van der Waals surface area contributed by atoms with Crippen molar-refractivity contribution in [3.8, 4) is 0 Å². The summed E-state index contributed by atoms with van der Waals surface area (Å²) in [5.41, 5.74) is 2.49. The highest BCUT2D eigenvalue weighted by Gasteiger charge is 2.21. The molecule has 0 aliphatic carbocycles. The van der Waals surface area contributed by atoms with Crippen molar-refractivity contribution < 1.29 is 9.59 Å². The van der Waals surface area contributed by atoms with Crippen molar-refractivity contribution in [1.82, 2.24) is 10.2 Å². The number of carbonyl (C=O) groups excluding carboxylic acids is 2. The van der Waals surface area contributed by atoms with E-state index in [1.165, 1.54) is 5.69 Å². The van der Waals surface area contributed by atoms with Crippen LogP contribution in [-0.2, 0) is 4.79 Å². The summed E-state index contributed by atoms with van der Waals surface area (Å²) in [6.45, 7) is 4.80. The van der Waals surface area contributed by atoms with Gasteiger partial charge in [-0.3, -0.25) is 9.59 Å². The normalized spacial score (nSPS) is 17.1. The largest absolute Gasteiger partial charge is 0.371 e. The van der Waals surface area contributed by atoms with E-state index in [4.69, 9.17) is 11.6 Å². The highest BCUT2D eigenvalue weighted by Crippen LogP contribution is 2.23. The molecule has 2 heterocycles. The summed E-state index contributed by atoms with van der Waals surface area (Å²) in [7, 11) is 0. The van der Waals surface area contributed by atoms with Crippen molar-refractivity contribution in [2.24, 2.45) is 0 Å². The minimum Gasteiger partial charge on any atom is -0.371 e. The van der Waals surface area contributed by atoms with Gasteiger partial charge in [-0.2, -0.15) is 0 Å². The Morgan fingerprint density at radius 2 is 1.84 bits per heavy atom. The zero-order valence-electron chi connectivity index (χ0n) is 18.4.